The lowest BCUT2D eigenvalue weighted by molar-refractivity contribution is -0.113. The van der Waals surface area contributed by atoms with Gasteiger partial charge in [0.25, 0.3) is 0 Å². The van der Waals surface area contributed by atoms with E-state index in [1.807, 2.05) is 0 Å². The SMILES string of the molecule is CCCCCCCCCCCCCCCC(=O)C1=NOC2CCCCC12. The minimum Gasteiger partial charge on any atom is -0.391 e. The number of unbranched alkanes of at least 4 members (excludes halogenated alkanes) is 12. The fraction of sp³-hybridized carbons (Fsp3) is 0.913. The average molecular weight is 364 g/mol. The molecule has 0 bridgehead atoms. The summed E-state index contributed by atoms with van der Waals surface area (Å²) in [5.74, 6) is 0.556. The standard InChI is InChI=1S/C23H41NO2/c1-2-3-4-5-6-7-8-9-10-11-12-13-14-18-21(25)23-20-17-15-16-19-22(20)26-24-23/h20,22H,2-19H2,1H3. The van der Waals surface area contributed by atoms with Crippen LogP contribution in [0.3, 0.4) is 0 Å². The topological polar surface area (TPSA) is 38.7 Å². The molecule has 1 fully saturated rings. The van der Waals surface area contributed by atoms with Gasteiger partial charge in [0, 0.05) is 12.3 Å². The summed E-state index contributed by atoms with van der Waals surface area (Å²) in [7, 11) is 0. The van der Waals surface area contributed by atoms with Crippen molar-refractivity contribution in [3.8, 4) is 0 Å². The largest absolute Gasteiger partial charge is 0.391 e. The van der Waals surface area contributed by atoms with Crippen LogP contribution in [-0.2, 0) is 9.63 Å². The molecule has 150 valence electrons. The van der Waals surface area contributed by atoms with E-state index in [0.717, 1.165) is 25.0 Å². The Morgan fingerprint density at radius 1 is 0.846 bits per heavy atom. The number of nitrogens with zero attached hydrogens (tertiary/aromatic N) is 1. The van der Waals surface area contributed by atoms with Crippen LogP contribution in [0.2, 0.25) is 0 Å². The summed E-state index contributed by atoms with van der Waals surface area (Å²) >= 11 is 0. The molecule has 0 amide bonds. The zero-order valence-corrected chi connectivity index (χ0v) is 17.1. The van der Waals surface area contributed by atoms with Gasteiger partial charge in [-0.3, -0.25) is 4.79 Å². The van der Waals surface area contributed by atoms with Crippen molar-refractivity contribution in [1.29, 1.82) is 0 Å². The Hall–Kier alpha value is -0.860. The third kappa shape index (κ3) is 7.80. The Kier molecular flexibility index (Phi) is 11.0. The molecule has 0 N–H and O–H groups in total. The first-order valence-electron chi connectivity index (χ1n) is 11.6. The van der Waals surface area contributed by atoms with Crippen molar-refractivity contribution >= 4 is 11.5 Å². The first-order valence-corrected chi connectivity index (χ1v) is 11.6. The van der Waals surface area contributed by atoms with Crippen molar-refractivity contribution in [2.45, 2.75) is 129 Å². The lowest BCUT2D eigenvalue weighted by atomic mass is 9.82. The van der Waals surface area contributed by atoms with Crippen LogP contribution in [0.15, 0.2) is 5.16 Å². The van der Waals surface area contributed by atoms with E-state index in [1.165, 1.54) is 89.9 Å². The predicted molar refractivity (Wildman–Crippen MR) is 110 cm³/mol. The summed E-state index contributed by atoms with van der Waals surface area (Å²) in [6, 6.07) is 0. The molecule has 3 heteroatoms. The number of oxime groups is 1. The highest BCUT2D eigenvalue weighted by Crippen LogP contribution is 2.33. The van der Waals surface area contributed by atoms with E-state index in [-0.39, 0.29) is 11.9 Å². The van der Waals surface area contributed by atoms with Crippen molar-refractivity contribution in [2.24, 2.45) is 11.1 Å². The molecule has 0 aromatic heterocycles. The van der Waals surface area contributed by atoms with Gasteiger partial charge in [-0.2, -0.15) is 0 Å². The molecular formula is C23H41NO2. The lowest BCUT2D eigenvalue weighted by Gasteiger charge is -2.22. The molecule has 0 aromatic rings. The van der Waals surface area contributed by atoms with Gasteiger partial charge in [-0.15, -0.1) is 0 Å². The summed E-state index contributed by atoms with van der Waals surface area (Å²) in [6.45, 7) is 2.28. The van der Waals surface area contributed by atoms with Gasteiger partial charge in [0.05, 0.1) is 0 Å². The number of hydrogen-bond acceptors (Lipinski definition) is 3. The number of hydrogen-bond donors (Lipinski definition) is 0. The second-order valence-electron chi connectivity index (χ2n) is 8.43. The second kappa shape index (κ2) is 13.3. The molecule has 26 heavy (non-hydrogen) atoms. The molecule has 1 aliphatic heterocycles. The normalized spacial score (nSPS) is 22.0. The van der Waals surface area contributed by atoms with Crippen LogP contribution < -0.4 is 0 Å². The van der Waals surface area contributed by atoms with E-state index < -0.39 is 0 Å². The van der Waals surface area contributed by atoms with Crippen molar-refractivity contribution in [1.82, 2.24) is 0 Å². The van der Waals surface area contributed by atoms with Crippen molar-refractivity contribution in [3.63, 3.8) is 0 Å². The number of fused-ring (bicyclic) bond motifs is 1. The average Bonchev–Trinajstić information content (AvgIpc) is 3.09. The van der Waals surface area contributed by atoms with Gasteiger partial charge in [-0.25, -0.2) is 0 Å². The molecule has 0 aromatic carbocycles. The Morgan fingerprint density at radius 2 is 1.38 bits per heavy atom. The second-order valence-corrected chi connectivity index (χ2v) is 8.43. The Morgan fingerprint density at radius 3 is 2.00 bits per heavy atom. The van der Waals surface area contributed by atoms with Crippen LogP contribution in [0, 0.1) is 5.92 Å². The van der Waals surface area contributed by atoms with E-state index >= 15 is 0 Å². The molecule has 1 saturated carbocycles. The van der Waals surface area contributed by atoms with Crippen LogP contribution in [0.4, 0.5) is 0 Å². The van der Waals surface area contributed by atoms with Gasteiger partial charge in [-0.05, 0) is 25.7 Å². The summed E-state index contributed by atoms with van der Waals surface area (Å²) in [5, 5.41) is 4.13. The maximum atomic E-state index is 12.4. The summed E-state index contributed by atoms with van der Waals surface area (Å²) in [5.41, 5.74) is 0.758. The van der Waals surface area contributed by atoms with Gasteiger partial charge in [0.15, 0.2) is 5.78 Å². The zero-order chi connectivity index (χ0) is 18.5. The fourth-order valence-electron chi connectivity index (χ4n) is 4.42. The van der Waals surface area contributed by atoms with Gasteiger partial charge in [-0.1, -0.05) is 95.6 Å². The first kappa shape index (κ1) is 21.4. The van der Waals surface area contributed by atoms with Crippen LogP contribution in [0.1, 0.15) is 122 Å². The van der Waals surface area contributed by atoms with E-state index in [4.69, 9.17) is 4.84 Å². The summed E-state index contributed by atoms with van der Waals surface area (Å²) in [6.07, 6.45) is 22.9. The monoisotopic (exact) mass is 363 g/mol. The number of carbonyl (C=O) groups is 1. The molecule has 0 saturated heterocycles. The van der Waals surface area contributed by atoms with Crippen molar-refractivity contribution in [2.75, 3.05) is 0 Å². The maximum absolute atomic E-state index is 12.4. The van der Waals surface area contributed by atoms with Crippen LogP contribution in [0.5, 0.6) is 0 Å². The maximum Gasteiger partial charge on any atom is 0.180 e. The summed E-state index contributed by atoms with van der Waals surface area (Å²) < 4.78 is 0. The number of Topliss-reactive ketones (excluding diaryl/α,β-unsaturated/α-hetero) is 1. The van der Waals surface area contributed by atoms with Crippen molar-refractivity contribution in [3.05, 3.63) is 0 Å². The molecule has 2 aliphatic rings. The Labute approximate surface area is 161 Å². The molecule has 0 spiro atoms. The Bertz CT molecular complexity index is 418. The van der Waals surface area contributed by atoms with E-state index in [0.29, 0.717) is 12.3 Å². The first-order chi connectivity index (χ1) is 12.8. The molecule has 3 nitrogen and oxygen atoms in total. The van der Waals surface area contributed by atoms with Gasteiger partial charge in [0.1, 0.15) is 11.8 Å². The van der Waals surface area contributed by atoms with E-state index in [1.54, 1.807) is 0 Å². The van der Waals surface area contributed by atoms with Crippen LogP contribution in [0.25, 0.3) is 0 Å². The van der Waals surface area contributed by atoms with Crippen LogP contribution >= 0.6 is 0 Å². The predicted octanol–water partition coefficient (Wildman–Crippen LogP) is 6.98. The zero-order valence-electron chi connectivity index (χ0n) is 17.1. The van der Waals surface area contributed by atoms with Crippen LogP contribution in [-0.4, -0.2) is 17.6 Å². The Balaban J connectivity index is 1.38. The number of carbonyl (C=O) groups excluding carboxylic acids is 1. The molecule has 1 heterocycles. The van der Waals surface area contributed by atoms with Crippen molar-refractivity contribution < 1.29 is 9.63 Å². The molecule has 2 rings (SSSR count). The van der Waals surface area contributed by atoms with E-state index in [2.05, 4.69) is 12.1 Å². The molecule has 0 radical (unpaired) electrons. The molecule has 2 unspecified atom stereocenters. The third-order valence-electron chi connectivity index (χ3n) is 6.13. The van der Waals surface area contributed by atoms with Gasteiger partial charge in [0.2, 0.25) is 0 Å². The quantitative estimate of drug-likeness (QED) is 0.294. The minimum absolute atomic E-state index is 0.203. The third-order valence-corrected chi connectivity index (χ3v) is 6.13. The molecule has 1 aliphatic carbocycles. The van der Waals surface area contributed by atoms with Gasteiger partial charge >= 0.3 is 0 Å². The smallest absolute Gasteiger partial charge is 0.180 e. The highest BCUT2D eigenvalue weighted by Gasteiger charge is 2.38. The number of rotatable bonds is 15. The fourth-order valence-corrected chi connectivity index (χ4v) is 4.42. The molecular weight excluding hydrogens is 322 g/mol. The number of ketones is 1. The van der Waals surface area contributed by atoms with E-state index in [9.17, 15) is 4.79 Å². The highest BCUT2D eigenvalue weighted by molar-refractivity contribution is 6.40. The molecule has 2 atom stereocenters. The highest BCUT2D eigenvalue weighted by atomic mass is 16.6. The lowest BCUT2D eigenvalue weighted by Crippen LogP contribution is -2.31. The van der Waals surface area contributed by atoms with Gasteiger partial charge < -0.3 is 4.84 Å². The summed E-state index contributed by atoms with van der Waals surface area (Å²) in [4.78, 5) is 17.9. The minimum atomic E-state index is 0.203.